The van der Waals surface area contributed by atoms with E-state index in [0.29, 0.717) is 0 Å². The Balaban J connectivity index is 4.46. The van der Waals surface area contributed by atoms with Crippen LogP contribution >= 0.6 is 20.2 Å². The molecule has 0 aromatic heterocycles. The van der Waals surface area contributed by atoms with Crippen LogP contribution in [0.25, 0.3) is 0 Å². The van der Waals surface area contributed by atoms with Gasteiger partial charge in [-0.3, -0.25) is 4.52 Å². The Hall–Kier alpha value is 1.86. The Labute approximate surface area is 110 Å². The third-order valence-corrected chi connectivity index (χ3v) is 6.81. The molecule has 0 aliphatic rings. The normalized spacial score (nSPS) is 20.1. The highest BCUT2D eigenvalue weighted by atomic mass is 32.7. The van der Waals surface area contributed by atoms with Crippen LogP contribution in [0.3, 0.4) is 0 Å². The predicted molar refractivity (Wildman–Crippen MR) is 74.7 cm³/mol. The molecule has 0 aliphatic carbocycles. The van der Waals surface area contributed by atoms with Crippen LogP contribution < -0.4 is 0 Å². The molecule has 2 atom stereocenters. The Morgan fingerprint density at radius 1 is 1.31 bits per heavy atom. The monoisotopic (exact) mass is 347 g/mol. The number of aliphatic hydroxyl groups is 1. The van der Waals surface area contributed by atoms with Gasteiger partial charge in [0.05, 0.1) is 6.61 Å². The van der Waals surface area contributed by atoms with Crippen LogP contribution in [-0.2, 0) is 49.0 Å². The van der Waals surface area contributed by atoms with Gasteiger partial charge in [-0.2, -0.15) is 4.31 Å². The SMILES string of the molecule is [BH3-][P+]([S-])(OCCO)OP(O)(=S)OP(O)(O)=S. The molecule has 0 saturated carbocycles. The predicted octanol–water partition coefficient (Wildman–Crippen LogP) is -0.956. The summed E-state index contributed by atoms with van der Waals surface area (Å²) in [6, 6.07) is 0. The molecule has 7 nitrogen and oxygen atoms in total. The molecule has 0 rings (SSSR count). The van der Waals surface area contributed by atoms with Crippen molar-refractivity contribution in [2.24, 2.45) is 0 Å². The Bertz CT molecular complexity index is 318. The highest BCUT2D eigenvalue weighted by Crippen LogP contribution is 2.70. The topological polar surface area (TPSA) is 109 Å². The Morgan fingerprint density at radius 2 is 1.81 bits per heavy atom. The maximum absolute atomic E-state index is 9.47. The van der Waals surface area contributed by atoms with Gasteiger partial charge in [-0.15, -0.1) is 0 Å². The van der Waals surface area contributed by atoms with Crippen molar-refractivity contribution in [1.29, 1.82) is 0 Å². The molecular weight excluding hydrogens is 336 g/mol. The van der Waals surface area contributed by atoms with Gasteiger partial charge in [0.15, 0.2) is 7.57 Å². The van der Waals surface area contributed by atoms with Crippen molar-refractivity contribution in [3.05, 3.63) is 0 Å². The molecule has 0 fully saturated rings. The van der Waals surface area contributed by atoms with Gasteiger partial charge in [-0.25, -0.2) is 4.31 Å². The fourth-order valence-electron chi connectivity index (χ4n) is 0.372. The molecule has 98 valence electrons. The summed E-state index contributed by atoms with van der Waals surface area (Å²) in [4.78, 5) is 27.1. The summed E-state index contributed by atoms with van der Waals surface area (Å²) in [6.07, 6.45) is 0. The molecule has 2 unspecified atom stereocenters. The lowest BCUT2D eigenvalue weighted by atomic mass is 10.8. The second-order valence-corrected chi connectivity index (χ2v) is 9.54. The average molecular weight is 347 g/mol. The van der Waals surface area contributed by atoms with Crippen molar-refractivity contribution < 1.29 is 32.9 Å². The van der Waals surface area contributed by atoms with E-state index in [1.807, 2.05) is 0 Å². The van der Waals surface area contributed by atoms with Crippen LogP contribution in [0.15, 0.2) is 0 Å². The summed E-state index contributed by atoms with van der Waals surface area (Å²) in [6.45, 7) is -10.9. The average Bonchev–Trinajstić information content (AvgIpc) is 1.93. The summed E-state index contributed by atoms with van der Waals surface area (Å²) in [5.74, 6) is 0. The maximum Gasteiger partial charge on any atom is 0.362 e. The van der Waals surface area contributed by atoms with E-state index in [1.165, 1.54) is 0 Å². The summed E-state index contributed by atoms with van der Waals surface area (Å²) in [5.41, 5.74) is 0. The molecule has 4 N–H and O–H groups in total. The fraction of sp³-hybridized carbons (Fsp3) is 1.00. The Kier molecular flexibility index (Phi) is 7.67. The van der Waals surface area contributed by atoms with Gasteiger partial charge in [-0.1, -0.05) is 0 Å². The fourth-order valence-corrected chi connectivity index (χ4v) is 6.92. The van der Waals surface area contributed by atoms with E-state index in [0.717, 1.165) is 0 Å². The van der Waals surface area contributed by atoms with Gasteiger partial charge in [0.25, 0.3) is 0 Å². The van der Waals surface area contributed by atoms with Crippen LogP contribution in [-0.4, -0.2) is 40.6 Å². The molecule has 0 radical (unpaired) electrons. The first-order chi connectivity index (χ1) is 6.97. The first-order valence-electron chi connectivity index (χ1n) is 3.17. The molecular formula is C2H11BO7P3S3-. The number of hydrogen-bond donors (Lipinski definition) is 4. The molecule has 0 aromatic rings. The van der Waals surface area contributed by atoms with Crippen molar-refractivity contribution in [1.82, 2.24) is 0 Å². The summed E-state index contributed by atoms with van der Waals surface area (Å²) in [7, 11) is -0.641. The number of hydrogen-bond acceptors (Lipinski definition) is 7. The minimum absolute atomic E-state index is 0.0253. The summed E-state index contributed by atoms with van der Waals surface area (Å²) < 4.78 is 14.2. The molecule has 0 amide bonds. The van der Waals surface area contributed by atoms with E-state index >= 15 is 0 Å². The van der Waals surface area contributed by atoms with Crippen molar-refractivity contribution in [2.45, 2.75) is 0 Å². The first kappa shape index (κ1) is 17.9. The molecule has 0 heterocycles. The summed E-state index contributed by atoms with van der Waals surface area (Å²) >= 11 is 13.6. The molecule has 14 heteroatoms. The molecule has 0 spiro atoms. The van der Waals surface area contributed by atoms with Gasteiger partial charge >= 0.3 is 13.4 Å². The third-order valence-electron chi connectivity index (χ3n) is 0.667. The van der Waals surface area contributed by atoms with E-state index < -0.39 is 27.8 Å². The second kappa shape index (κ2) is 6.87. The Morgan fingerprint density at radius 3 is 2.19 bits per heavy atom. The molecule has 16 heavy (non-hydrogen) atoms. The molecule has 0 bridgehead atoms. The van der Waals surface area contributed by atoms with Crippen LogP contribution in [0, 0.1) is 0 Å². The lowest BCUT2D eigenvalue weighted by molar-refractivity contribution is 0.202. The number of aliphatic hydroxyl groups excluding tert-OH is 1. The van der Waals surface area contributed by atoms with E-state index in [-0.39, 0.29) is 13.2 Å². The second-order valence-electron chi connectivity index (χ2n) is 1.90. The molecule has 0 aliphatic heterocycles. The van der Waals surface area contributed by atoms with Crippen LogP contribution in [0.4, 0.5) is 0 Å². The zero-order chi connectivity index (χ0) is 13.0. The smallest absolute Gasteiger partial charge is 0.362 e. The van der Waals surface area contributed by atoms with Crippen molar-refractivity contribution in [3.63, 3.8) is 0 Å². The summed E-state index contributed by atoms with van der Waals surface area (Å²) in [5, 5.41) is 8.53. The van der Waals surface area contributed by atoms with Crippen molar-refractivity contribution >= 4 is 63.7 Å². The highest BCUT2D eigenvalue weighted by molar-refractivity contribution is 8.48. The highest BCUT2D eigenvalue weighted by Gasteiger charge is 2.31. The molecule has 0 saturated heterocycles. The van der Waals surface area contributed by atoms with Crippen molar-refractivity contribution in [2.75, 3.05) is 13.2 Å². The lowest BCUT2D eigenvalue weighted by Crippen LogP contribution is -2.04. The zero-order valence-electron chi connectivity index (χ0n) is 6.99. The van der Waals surface area contributed by atoms with E-state index in [4.69, 9.17) is 36.0 Å². The van der Waals surface area contributed by atoms with E-state index in [1.54, 1.807) is 0 Å². The van der Waals surface area contributed by atoms with Crippen LogP contribution in [0.2, 0.25) is 0 Å². The third kappa shape index (κ3) is 9.85. The lowest BCUT2D eigenvalue weighted by Gasteiger charge is -2.34. The molecule has 0 aromatic carbocycles. The standard InChI is InChI=1S/C2H11BO7P3S3/c3-11(14,8-2-1-4)9-13(7,16)10-12(5,6)15/h4H,1-2H2,3H3,(H,7,16)(H2,5,6,15)/q-1. The minimum Gasteiger partial charge on any atom is -0.543 e. The van der Waals surface area contributed by atoms with Gasteiger partial charge in [0.2, 0.25) is 0 Å². The zero-order valence-corrected chi connectivity index (χ0v) is 12.1. The van der Waals surface area contributed by atoms with Gasteiger partial charge in [-0.05, 0) is 30.4 Å². The maximum atomic E-state index is 9.47. The van der Waals surface area contributed by atoms with E-state index in [2.05, 4.69) is 27.9 Å². The van der Waals surface area contributed by atoms with Crippen LogP contribution in [0.1, 0.15) is 0 Å². The van der Waals surface area contributed by atoms with Crippen LogP contribution in [0.5, 0.6) is 0 Å². The quantitative estimate of drug-likeness (QED) is 0.261. The van der Waals surface area contributed by atoms with Gasteiger partial charge in [0, 0.05) is 0 Å². The van der Waals surface area contributed by atoms with Crippen molar-refractivity contribution in [3.8, 4) is 0 Å². The minimum atomic E-state index is -4.10. The number of rotatable bonds is 7. The van der Waals surface area contributed by atoms with Gasteiger partial charge < -0.3 is 32.0 Å². The van der Waals surface area contributed by atoms with E-state index in [9.17, 15) is 4.89 Å². The first-order valence-corrected chi connectivity index (χ1v) is 10.6. The van der Waals surface area contributed by atoms with Gasteiger partial charge in [0.1, 0.15) is 6.61 Å². The largest absolute Gasteiger partial charge is 0.543 e.